The predicted molar refractivity (Wildman–Crippen MR) is 88.2 cm³/mol. The van der Waals surface area contributed by atoms with Crippen LogP contribution in [0.3, 0.4) is 0 Å². The Hall–Kier alpha value is -2.13. The lowest BCUT2D eigenvalue weighted by molar-refractivity contribution is -0.137. The van der Waals surface area contributed by atoms with Crippen LogP contribution in [-0.4, -0.2) is 36.9 Å². The van der Waals surface area contributed by atoms with Crippen LogP contribution in [0.2, 0.25) is 0 Å². The van der Waals surface area contributed by atoms with Crippen LogP contribution in [-0.2, 0) is 22.6 Å². The fourth-order valence-electron chi connectivity index (χ4n) is 2.51. The minimum absolute atomic E-state index is 0.0346. The van der Waals surface area contributed by atoms with Crippen LogP contribution in [0.1, 0.15) is 18.1 Å². The maximum Gasteiger partial charge on any atom is 0.417 e. The summed E-state index contributed by atoms with van der Waals surface area (Å²) in [7, 11) is -3.59. The molecule has 140 valence electrons. The summed E-state index contributed by atoms with van der Waals surface area (Å²) in [5.41, 5.74) is 0.181. The van der Waals surface area contributed by atoms with Gasteiger partial charge >= 0.3 is 6.18 Å². The average Bonchev–Trinajstić information content (AvgIpc) is 2.57. The molecule has 1 aliphatic heterocycles. The summed E-state index contributed by atoms with van der Waals surface area (Å²) in [6.07, 6.45) is -3.39. The van der Waals surface area contributed by atoms with Gasteiger partial charge in [0.1, 0.15) is 6.10 Å². The molecule has 9 heteroatoms. The zero-order chi connectivity index (χ0) is 18.9. The van der Waals surface area contributed by atoms with E-state index in [9.17, 15) is 21.6 Å². The Labute approximate surface area is 149 Å². The van der Waals surface area contributed by atoms with Gasteiger partial charge in [0.25, 0.3) is 0 Å². The second kappa shape index (κ2) is 6.88. The number of ether oxygens (including phenoxy) is 1. The third-order valence-electron chi connectivity index (χ3n) is 4.14. The molecule has 0 amide bonds. The highest BCUT2D eigenvalue weighted by atomic mass is 32.2. The number of rotatable bonds is 5. The highest BCUT2D eigenvalue weighted by molar-refractivity contribution is 7.89. The first-order chi connectivity index (χ1) is 12.2. The van der Waals surface area contributed by atoms with E-state index in [2.05, 4.69) is 4.98 Å². The van der Waals surface area contributed by atoms with Gasteiger partial charge in [-0.1, -0.05) is 19.1 Å². The number of aromatic nitrogens is 1. The molecular weight excluding hydrogens is 369 g/mol. The fraction of sp³-hybridized carbons (Fsp3) is 0.353. The number of hydrogen-bond donors (Lipinski definition) is 0. The molecule has 1 fully saturated rings. The molecule has 0 unspecified atom stereocenters. The number of benzene rings is 1. The molecule has 1 aromatic carbocycles. The zero-order valence-electron chi connectivity index (χ0n) is 13.9. The Morgan fingerprint density at radius 3 is 2.31 bits per heavy atom. The SMILES string of the molecule is CCc1ccc(S(=O)(=O)N2CC(Oc3ccc(C(F)(F)F)cn3)C2)cc1. The Kier molecular flexibility index (Phi) is 4.94. The maximum atomic E-state index is 12.5. The van der Waals surface area contributed by atoms with Gasteiger partial charge < -0.3 is 4.74 Å². The van der Waals surface area contributed by atoms with Crippen LogP contribution in [0, 0.1) is 0 Å². The standard InChI is InChI=1S/C17H17F3N2O3S/c1-2-12-3-6-15(7-4-12)26(23,24)22-10-14(11-22)25-16-8-5-13(9-21-16)17(18,19)20/h3-9,14H,2,10-11H2,1H3. The van der Waals surface area contributed by atoms with Gasteiger partial charge in [-0.15, -0.1) is 0 Å². The van der Waals surface area contributed by atoms with Crippen LogP contribution in [0.5, 0.6) is 5.88 Å². The summed E-state index contributed by atoms with van der Waals surface area (Å²) in [6.45, 7) is 2.23. The van der Waals surface area contributed by atoms with Gasteiger partial charge in [-0.3, -0.25) is 0 Å². The van der Waals surface area contributed by atoms with Gasteiger partial charge in [0.2, 0.25) is 15.9 Å². The number of aryl methyl sites for hydroxylation is 1. The van der Waals surface area contributed by atoms with E-state index in [1.54, 1.807) is 24.3 Å². The summed E-state index contributed by atoms with van der Waals surface area (Å²) < 4.78 is 69.2. The molecular formula is C17H17F3N2O3S. The van der Waals surface area contributed by atoms with E-state index in [-0.39, 0.29) is 23.9 Å². The van der Waals surface area contributed by atoms with Gasteiger partial charge in [0, 0.05) is 12.3 Å². The Morgan fingerprint density at radius 2 is 1.81 bits per heavy atom. The molecule has 1 saturated heterocycles. The quantitative estimate of drug-likeness (QED) is 0.792. The van der Waals surface area contributed by atoms with Crippen molar-refractivity contribution in [3.05, 3.63) is 53.7 Å². The van der Waals surface area contributed by atoms with Gasteiger partial charge in [-0.05, 0) is 30.2 Å². The van der Waals surface area contributed by atoms with Gasteiger partial charge in [-0.25, -0.2) is 13.4 Å². The predicted octanol–water partition coefficient (Wildman–Crippen LogP) is 3.11. The molecule has 0 radical (unpaired) electrons. The van der Waals surface area contributed by atoms with E-state index in [4.69, 9.17) is 4.74 Å². The lowest BCUT2D eigenvalue weighted by Gasteiger charge is -2.37. The van der Waals surface area contributed by atoms with Gasteiger partial charge in [-0.2, -0.15) is 17.5 Å². The normalized spacial score (nSPS) is 16.3. The summed E-state index contributed by atoms with van der Waals surface area (Å²) in [5.74, 6) is 0.0346. The summed E-state index contributed by atoms with van der Waals surface area (Å²) >= 11 is 0. The van der Waals surface area contributed by atoms with Gasteiger partial charge in [0.05, 0.1) is 23.5 Å². The highest BCUT2D eigenvalue weighted by Gasteiger charge is 2.38. The van der Waals surface area contributed by atoms with Crippen LogP contribution < -0.4 is 4.74 Å². The van der Waals surface area contributed by atoms with E-state index >= 15 is 0 Å². The van der Waals surface area contributed by atoms with Crippen molar-refractivity contribution in [2.75, 3.05) is 13.1 Å². The van der Waals surface area contributed by atoms with Crippen LogP contribution in [0.15, 0.2) is 47.5 Å². The Balaban J connectivity index is 1.59. The minimum atomic E-state index is -4.46. The molecule has 0 saturated carbocycles. The van der Waals surface area contributed by atoms with Gasteiger partial charge in [0.15, 0.2) is 0 Å². The molecule has 2 aromatic rings. The zero-order valence-corrected chi connectivity index (χ0v) is 14.7. The first-order valence-corrected chi connectivity index (χ1v) is 9.43. The lowest BCUT2D eigenvalue weighted by atomic mass is 10.2. The van der Waals surface area contributed by atoms with Crippen molar-refractivity contribution in [3.63, 3.8) is 0 Å². The van der Waals surface area contributed by atoms with E-state index < -0.39 is 27.9 Å². The molecule has 1 aromatic heterocycles. The fourth-order valence-corrected chi connectivity index (χ4v) is 4.01. The summed E-state index contributed by atoms with van der Waals surface area (Å²) in [6, 6.07) is 8.69. The first kappa shape index (κ1) is 18.7. The van der Waals surface area contributed by atoms with Crippen LogP contribution in [0.4, 0.5) is 13.2 Å². The van der Waals surface area contributed by atoms with E-state index in [1.807, 2.05) is 6.92 Å². The van der Waals surface area contributed by atoms with Crippen molar-refractivity contribution in [2.24, 2.45) is 0 Å². The van der Waals surface area contributed by atoms with Crippen LogP contribution >= 0.6 is 0 Å². The third kappa shape index (κ3) is 3.83. The van der Waals surface area contributed by atoms with Crippen molar-refractivity contribution in [1.29, 1.82) is 0 Å². The molecule has 0 N–H and O–H groups in total. The lowest BCUT2D eigenvalue weighted by Crippen LogP contribution is -2.56. The Morgan fingerprint density at radius 1 is 1.15 bits per heavy atom. The highest BCUT2D eigenvalue weighted by Crippen LogP contribution is 2.30. The number of hydrogen-bond acceptors (Lipinski definition) is 4. The number of sulfonamides is 1. The van der Waals surface area contributed by atoms with E-state index in [0.29, 0.717) is 6.20 Å². The molecule has 0 aliphatic carbocycles. The summed E-state index contributed by atoms with van der Waals surface area (Å²) in [5, 5.41) is 0. The van der Waals surface area contributed by atoms with Crippen molar-refractivity contribution < 1.29 is 26.3 Å². The second-order valence-electron chi connectivity index (χ2n) is 5.94. The first-order valence-electron chi connectivity index (χ1n) is 7.99. The molecule has 0 spiro atoms. The monoisotopic (exact) mass is 386 g/mol. The molecule has 2 heterocycles. The van der Waals surface area contributed by atoms with E-state index in [1.165, 1.54) is 4.31 Å². The van der Waals surface area contributed by atoms with Crippen molar-refractivity contribution in [2.45, 2.75) is 30.5 Å². The molecule has 0 bridgehead atoms. The maximum absolute atomic E-state index is 12.5. The number of halogens is 3. The summed E-state index contributed by atoms with van der Waals surface area (Å²) in [4.78, 5) is 3.83. The third-order valence-corrected chi connectivity index (χ3v) is 5.98. The average molecular weight is 386 g/mol. The van der Waals surface area contributed by atoms with Crippen molar-refractivity contribution >= 4 is 10.0 Å². The van der Waals surface area contributed by atoms with E-state index in [0.717, 1.165) is 24.1 Å². The van der Waals surface area contributed by atoms with Crippen LogP contribution in [0.25, 0.3) is 0 Å². The molecule has 26 heavy (non-hydrogen) atoms. The molecule has 3 rings (SSSR count). The van der Waals surface area contributed by atoms with Crippen molar-refractivity contribution in [3.8, 4) is 5.88 Å². The number of alkyl halides is 3. The second-order valence-corrected chi connectivity index (χ2v) is 7.88. The number of nitrogens with zero attached hydrogens (tertiary/aromatic N) is 2. The molecule has 0 atom stereocenters. The minimum Gasteiger partial charge on any atom is -0.472 e. The number of pyridine rings is 1. The largest absolute Gasteiger partial charge is 0.472 e. The topological polar surface area (TPSA) is 59.5 Å². The van der Waals surface area contributed by atoms with Crippen molar-refractivity contribution in [1.82, 2.24) is 9.29 Å². The smallest absolute Gasteiger partial charge is 0.417 e. The Bertz CT molecular complexity index is 860. The molecule has 5 nitrogen and oxygen atoms in total. The molecule has 1 aliphatic rings.